The van der Waals surface area contributed by atoms with Crippen LogP contribution in [0.25, 0.3) is 0 Å². The number of aliphatic hydroxyl groups is 1. The van der Waals surface area contributed by atoms with Crippen LogP contribution in [0, 0.1) is 17.8 Å². The van der Waals surface area contributed by atoms with E-state index in [2.05, 4.69) is 0 Å². The highest BCUT2D eigenvalue weighted by atomic mass is 16.8. The molecule has 1 unspecified atom stereocenters. The first-order chi connectivity index (χ1) is 43.8. The smallest absolute Gasteiger partial charge is 0.458 e. The summed E-state index contributed by atoms with van der Waals surface area (Å²) in [5.41, 5.74) is -3.05. The summed E-state index contributed by atoms with van der Waals surface area (Å²) in [5, 5.41) is 11.7. The van der Waals surface area contributed by atoms with Gasteiger partial charge in [-0.05, 0) is 105 Å². The number of ether oxygens (including phenoxy) is 15. The average Bonchev–Trinajstić information content (AvgIpc) is 1.13. The molecule has 3 aliphatic rings. The second-order valence-corrected chi connectivity index (χ2v) is 24.8. The molecule has 0 bridgehead atoms. The van der Waals surface area contributed by atoms with Gasteiger partial charge < -0.3 is 81.1 Å². The minimum Gasteiger partial charge on any atom is -0.458 e. The van der Waals surface area contributed by atoms with Crippen LogP contribution >= 0.6 is 0 Å². The number of hydrogen-bond donors (Lipinski definition) is 1. The Labute approximate surface area is 538 Å². The van der Waals surface area contributed by atoms with Crippen molar-refractivity contribution in [1.29, 1.82) is 0 Å². The Morgan fingerprint density at radius 2 is 1.08 bits per heavy atom. The molecule has 0 radical (unpaired) electrons. The second kappa shape index (κ2) is 32.9. The Morgan fingerprint density at radius 3 is 1.53 bits per heavy atom. The van der Waals surface area contributed by atoms with E-state index in [4.69, 9.17) is 71.1 Å². The Morgan fingerprint density at radius 1 is 0.609 bits per heavy atom. The van der Waals surface area contributed by atoms with Gasteiger partial charge in [-0.2, -0.15) is 0 Å². The van der Waals surface area contributed by atoms with Crippen molar-refractivity contribution in [2.45, 2.75) is 212 Å². The van der Waals surface area contributed by atoms with Crippen LogP contribution in [0.1, 0.15) is 117 Å². The SMILES string of the molecule is CC[C@H]1OC(=O)[C@H](C)[C@@H](O[C@H]2C[C@@](C)(OC)[C@@H](OC(=O)OCc3ccccc3)[C@H](C)O2)[C@H](C)C(O[C@@H]2O[C@H](C)C[C@H](N(C)C)[C@H]2OC(=O)OCc2ccccc2)[C@@](C)(C[C@@H](C)O)OC(=O)[C@H](C)[C@@H](OC(=O)OCc2ccccc2)[C@]1(C)OC(=O)OCc1ccccc1. The summed E-state index contributed by atoms with van der Waals surface area (Å²) in [6.07, 6.45) is -19.1. The average molecular weight is 1290 g/mol. The molecule has 23 nitrogen and oxygen atoms in total. The largest absolute Gasteiger partial charge is 0.509 e. The summed E-state index contributed by atoms with van der Waals surface area (Å²) < 4.78 is 93.9. The molecule has 7 rings (SSSR count). The topological polar surface area (TPSA) is 264 Å². The van der Waals surface area contributed by atoms with Gasteiger partial charge in [0.05, 0.1) is 42.3 Å². The minimum absolute atomic E-state index is 0.0701. The number of carbonyl (C=O) groups excluding carboxylic acids is 6. The Hall–Kier alpha value is -7.38. The lowest BCUT2D eigenvalue weighted by molar-refractivity contribution is -0.319. The van der Waals surface area contributed by atoms with E-state index < -0.39 is 145 Å². The van der Waals surface area contributed by atoms with Crippen molar-refractivity contribution in [3.63, 3.8) is 0 Å². The Bertz CT molecular complexity index is 3000. The number of hydrogen-bond acceptors (Lipinski definition) is 23. The van der Waals surface area contributed by atoms with Crippen LogP contribution in [-0.4, -0.2) is 158 Å². The number of aliphatic hydroxyl groups excluding tert-OH is 1. The highest BCUT2D eigenvalue weighted by Crippen LogP contribution is 2.44. The summed E-state index contributed by atoms with van der Waals surface area (Å²) in [6, 6.07) is 34.9. The molecule has 3 fully saturated rings. The predicted molar refractivity (Wildman–Crippen MR) is 330 cm³/mol. The summed E-state index contributed by atoms with van der Waals surface area (Å²) in [6.45, 7) is 15.0. The predicted octanol–water partition coefficient (Wildman–Crippen LogP) is 11.0. The van der Waals surface area contributed by atoms with Gasteiger partial charge in [-0.1, -0.05) is 135 Å². The first-order valence-electron chi connectivity index (χ1n) is 31.2. The van der Waals surface area contributed by atoms with E-state index in [1.807, 2.05) is 36.1 Å². The summed E-state index contributed by atoms with van der Waals surface area (Å²) >= 11 is 0. The van der Waals surface area contributed by atoms with Crippen molar-refractivity contribution in [3.8, 4) is 0 Å². The quantitative estimate of drug-likeness (QED) is 0.0600. The number of rotatable bonds is 21. The van der Waals surface area contributed by atoms with Crippen LogP contribution in [0.15, 0.2) is 121 Å². The van der Waals surface area contributed by atoms with Gasteiger partial charge >= 0.3 is 36.6 Å². The number of esters is 2. The van der Waals surface area contributed by atoms with Crippen molar-refractivity contribution in [2.24, 2.45) is 17.8 Å². The van der Waals surface area contributed by atoms with Crippen LogP contribution in [0.5, 0.6) is 0 Å². The van der Waals surface area contributed by atoms with Gasteiger partial charge in [0.15, 0.2) is 36.5 Å². The van der Waals surface area contributed by atoms with Crippen LogP contribution in [0.2, 0.25) is 0 Å². The molecular formula is C69H91NO22. The van der Waals surface area contributed by atoms with Gasteiger partial charge in [-0.15, -0.1) is 0 Å². The van der Waals surface area contributed by atoms with Crippen molar-refractivity contribution < 1.29 is 105 Å². The third-order valence-corrected chi connectivity index (χ3v) is 17.2. The molecule has 18 atom stereocenters. The molecule has 504 valence electrons. The van der Waals surface area contributed by atoms with E-state index in [0.29, 0.717) is 23.1 Å². The molecule has 4 aromatic carbocycles. The molecule has 0 aromatic heterocycles. The standard InChI is InChI=1S/C69H91NO22/c1-14-53-69(10,92-66(77)82-41-51-33-25-18-26-34-51)58(89-64(75)80-39-49-29-21-16-22-30-49)46(6)61(73)91-68(9,36-42(2)71)57(88-62-56(52(70(11)12)35-43(3)83-62)87-63(74)79-38-48-27-19-15-20-28-48)44(4)55(45(5)60(72)85-53)86-54-37-67(8,78-13)59(47(7)84-54)90-65(76)81-40-50-31-23-17-24-32-50/h15-34,42-47,52-59,62,71H,14,35-41H2,1-13H3/t42-,43-,44+,45-,46-,47+,52+,53-,54+,55+,56-,57?,58-,59+,62+,67-,68-,69-/m1/s1. The molecule has 92 heavy (non-hydrogen) atoms. The fourth-order valence-electron chi connectivity index (χ4n) is 12.3. The molecule has 0 saturated carbocycles. The fourth-order valence-corrected chi connectivity index (χ4v) is 12.3. The Balaban J connectivity index is 1.34. The van der Waals surface area contributed by atoms with Gasteiger partial charge in [0.1, 0.15) is 49.8 Å². The van der Waals surface area contributed by atoms with Gasteiger partial charge in [0, 0.05) is 25.9 Å². The summed E-state index contributed by atoms with van der Waals surface area (Å²) in [5.74, 6) is -6.21. The van der Waals surface area contributed by atoms with Crippen molar-refractivity contribution in [3.05, 3.63) is 144 Å². The van der Waals surface area contributed by atoms with Gasteiger partial charge in [-0.25, -0.2) is 19.2 Å². The number of methoxy groups -OCH3 is 1. The lowest BCUT2D eigenvalue weighted by atomic mass is 9.78. The summed E-state index contributed by atoms with van der Waals surface area (Å²) in [4.78, 5) is 88.8. The van der Waals surface area contributed by atoms with Crippen molar-refractivity contribution >= 4 is 36.6 Å². The highest BCUT2D eigenvalue weighted by molar-refractivity contribution is 5.75. The van der Waals surface area contributed by atoms with E-state index in [0.717, 1.165) is 5.56 Å². The lowest BCUT2D eigenvalue weighted by Gasteiger charge is -2.50. The molecule has 1 N–H and O–H groups in total. The molecule has 0 amide bonds. The van der Waals surface area contributed by atoms with Crippen molar-refractivity contribution in [1.82, 2.24) is 4.90 Å². The molecule has 3 heterocycles. The Kier molecular flexibility index (Phi) is 25.8. The molecule has 0 spiro atoms. The van der Waals surface area contributed by atoms with E-state index in [9.17, 15) is 24.3 Å². The van der Waals surface area contributed by atoms with Crippen LogP contribution in [0.3, 0.4) is 0 Å². The highest BCUT2D eigenvalue weighted by Gasteiger charge is 2.59. The molecule has 3 aliphatic heterocycles. The van der Waals surface area contributed by atoms with Crippen LogP contribution < -0.4 is 0 Å². The van der Waals surface area contributed by atoms with Gasteiger partial charge in [0.2, 0.25) is 0 Å². The molecule has 4 aromatic rings. The zero-order chi connectivity index (χ0) is 66.9. The number of carbonyl (C=O) groups is 6. The first-order valence-corrected chi connectivity index (χ1v) is 31.2. The number of nitrogens with zero attached hydrogens (tertiary/aromatic N) is 1. The fraction of sp³-hybridized carbons (Fsp3) is 0.565. The lowest BCUT2D eigenvalue weighted by Crippen LogP contribution is -2.62. The van der Waals surface area contributed by atoms with E-state index >= 15 is 9.59 Å². The normalized spacial score (nSPS) is 31.5. The van der Waals surface area contributed by atoms with E-state index in [-0.39, 0.29) is 45.7 Å². The minimum atomic E-state index is -2.30. The molecule has 0 aliphatic carbocycles. The first kappa shape index (κ1) is 72.1. The maximum absolute atomic E-state index is 15.7. The maximum atomic E-state index is 15.7. The maximum Gasteiger partial charge on any atom is 0.509 e. The number of benzene rings is 4. The summed E-state index contributed by atoms with van der Waals surface area (Å²) in [7, 11) is 5.03. The molecule has 23 heteroatoms. The second-order valence-electron chi connectivity index (χ2n) is 24.8. The van der Waals surface area contributed by atoms with E-state index in [1.165, 1.54) is 41.7 Å². The number of likely N-dealkylation sites (N-methyl/N-ethyl adjacent to an activating group) is 1. The monoisotopic (exact) mass is 1290 g/mol. The zero-order valence-electron chi connectivity index (χ0n) is 54.8. The van der Waals surface area contributed by atoms with Crippen molar-refractivity contribution in [2.75, 3.05) is 21.2 Å². The molecular weight excluding hydrogens is 1190 g/mol. The molecule has 3 saturated heterocycles. The zero-order valence-corrected chi connectivity index (χ0v) is 54.8. The van der Waals surface area contributed by atoms with Gasteiger partial charge in [0.25, 0.3) is 0 Å². The third kappa shape index (κ3) is 19.1. The number of cyclic esters (lactones) is 2. The third-order valence-electron chi connectivity index (χ3n) is 17.2. The van der Waals surface area contributed by atoms with E-state index in [1.54, 1.807) is 139 Å². The van der Waals surface area contributed by atoms with Crippen LogP contribution in [0.4, 0.5) is 19.2 Å². The van der Waals surface area contributed by atoms with Crippen LogP contribution in [-0.2, 0) is 107 Å². The van der Waals surface area contributed by atoms with Gasteiger partial charge in [-0.3, -0.25) is 9.59 Å².